The predicted octanol–water partition coefficient (Wildman–Crippen LogP) is 1.97. The molecule has 160 valence electrons. The first-order valence-electron chi connectivity index (χ1n) is 10.3. The van der Waals surface area contributed by atoms with Crippen molar-refractivity contribution in [3.05, 3.63) is 71.3 Å². The van der Waals surface area contributed by atoms with Crippen LogP contribution in [-0.4, -0.2) is 71.5 Å². The van der Waals surface area contributed by atoms with E-state index in [4.69, 9.17) is 5.21 Å². The number of nitrogens with one attached hydrogen (secondary N) is 1. The molecule has 0 aromatic heterocycles. The third kappa shape index (κ3) is 6.38. The number of hydrogen-bond donors (Lipinski definition) is 2. The lowest BCUT2D eigenvalue weighted by atomic mass is 10.1. The fraction of sp³-hybridized carbons (Fsp3) is 0.391. The molecule has 0 unspecified atom stereocenters. The number of benzene rings is 2. The topological polar surface area (TPSA) is 76.1 Å². The second kappa shape index (κ2) is 10.9. The largest absolute Gasteiger partial charge is 0.337 e. The lowest BCUT2D eigenvalue weighted by Gasteiger charge is -2.34. The molecule has 1 aliphatic rings. The third-order valence-electron chi connectivity index (χ3n) is 5.46. The van der Waals surface area contributed by atoms with Crippen molar-refractivity contribution in [3.63, 3.8) is 0 Å². The summed E-state index contributed by atoms with van der Waals surface area (Å²) in [6, 6.07) is 17.8. The summed E-state index contributed by atoms with van der Waals surface area (Å²) in [6.45, 7) is 5.76. The molecule has 2 aromatic carbocycles. The summed E-state index contributed by atoms with van der Waals surface area (Å²) in [7, 11) is 1.83. The molecular weight excluding hydrogens is 380 g/mol. The van der Waals surface area contributed by atoms with Crippen LogP contribution in [0.5, 0.6) is 0 Å². The van der Waals surface area contributed by atoms with E-state index < -0.39 is 0 Å². The van der Waals surface area contributed by atoms with E-state index in [0.717, 1.165) is 38.3 Å². The minimum absolute atomic E-state index is 0.0194. The van der Waals surface area contributed by atoms with Gasteiger partial charge in [0.15, 0.2) is 0 Å². The number of piperazine rings is 1. The Kier molecular flexibility index (Phi) is 7.96. The molecule has 1 saturated heterocycles. The van der Waals surface area contributed by atoms with Gasteiger partial charge in [-0.3, -0.25) is 19.7 Å². The molecule has 0 atom stereocenters. The van der Waals surface area contributed by atoms with Crippen LogP contribution in [0.3, 0.4) is 0 Å². The zero-order chi connectivity index (χ0) is 21.3. The summed E-state index contributed by atoms with van der Waals surface area (Å²) in [5.41, 5.74) is 4.67. The maximum Gasteiger partial charge on any atom is 0.253 e. The van der Waals surface area contributed by atoms with Crippen LogP contribution in [0.1, 0.15) is 27.9 Å². The average molecular weight is 411 g/mol. The van der Waals surface area contributed by atoms with E-state index in [2.05, 4.69) is 9.80 Å². The van der Waals surface area contributed by atoms with Gasteiger partial charge in [-0.25, -0.2) is 5.48 Å². The van der Waals surface area contributed by atoms with Crippen LogP contribution in [0.25, 0.3) is 0 Å². The first-order valence-corrected chi connectivity index (χ1v) is 10.3. The maximum absolute atomic E-state index is 12.7. The Morgan fingerprint density at radius 1 is 0.933 bits per heavy atom. The van der Waals surface area contributed by atoms with Crippen molar-refractivity contribution in [1.29, 1.82) is 0 Å². The van der Waals surface area contributed by atoms with E-state index in [-0.39, 0.29) is 11.8 Å². The normalized spacial score (nSPS) is 15.0. The SMILES string of the molecule is CN(Cc1ccccc1)C(=O)c1ccc(CN2CCN(CCC(=O)NO)CC2)cc1. The summed E-state index contributed by atoms with van der Waals surface area (Å²) < 4.78 is 0. The zero-order valence-corrected chi connectivity index (χ0v) is 17.5. The molecule has 7 nitrogen and oxygen atoms in total. The first kappa shape index (κ1) is 22.0. The fourth-order valence-corrected chi connectivity index (χ4v) is 3.65. The number of carbonyl (C=O) groups is 2. The summed E-state index contributed by atoms with van der Waals surface area (Å²) >= 11 is 0. The number of nitrogens with zero attached hydrogens (tertiary/aromatic N) is 3. The fourth-order valence-electron chi connectivity index (χ4n) is 3.65. The minimum Gasteiger partial charge on any atom is -0.337 e. The van der Waals surface area contributed by atoms with Gasteiger partial charge in [0.05, 0.1) is 0 Å². The van der Waals surface area contributed by atoms with E-state index in [1.165, 1.54) is 5.56 Å². The molecular formula is C23H30N4O3. The van der Waals surface area contributed by atoms with Gasteiger partial charge in [0, 0.05) is 64.8 Å². The highest BCUT2D eigenvalue weighted by molar-refractivity contribution is 5.94. The predicted molar refractivity (Wildman–Crippen MR) is 115 cm³/mol. The van der Waals surface area contributed by atoms with Crippen LogP contribution >= 0.6 is 0 Å². The Morgan fingerprint density at radius 3 is 2.20 bits per heavy atom. The van der Waals surface area contributed by atoms with E-state index in [0.29, 0.717) is 25.1 Å². The summed E-state index contributed by atoms with van der Waals surface area (Å²) in [5.74, 6) is -0.326. The standard InChI is InChI=1S/C23H30N4O3/c1-25(17-19-5-3-2-4-6-19)23(29)21-9-7-20(8-10-21)18-27-15-13-26(14-16-27)12-11-22(28)24-30/h2-10,30H,11-18H2,1H3,(H,24,28). The molecule has 2 N–H and O–H groups in total. The van der Waals surface area contributed by atoms with Gasteiger partial charge in [-0.2, -0.15) is 0 Å². The Bertz CT molecular complexity index is 818. The van der Waals surface area contributed by atoms with Gasteiger partial charge in [-0.05, 0) is 23.3 Å². The Labute approximate surface area is 177 Å². The van der Waals surface area contributed by atoms with Crippen LogP contribution in [0.15, 0.2) is 54.6 Å². The lowest BCUT2D eigenvalue weighted by molar-refractivity contribution is -0.129. The van der Waals surface area contributed by atoms with E-state index in [1.54, 1.807) is 10.4 Å². The molecule has 30 heavy (non-hydrogen) atoms. The van der Waals surface area contributed by atoms with Crippen LogP contribution in [0.4, 0.5) is 0 Å². The van der Waals surface area contributed by atoms with Gasteiger partial charge in [0.2, 0.25) is 5.91 Å². The first-order chi connectivity index (χ1) is 14.5. The van der Waals surface area contributed by atoms with Crippen LogP contribution in [-0.2, 0) is 17.9 Å². The molecule has 7 heteroatoms. The van der Waals surface area contributed by atoms with Crippen molar-refractivity contribution in [1.82, 2.24) is 20.2 Å². The molecule has 1 aliphatic heterocycles. The second-order valence-electron chi connectivity index (χ2n) is 7.75. The monoisotopic (exact) mass is 410 g/mol. The highest BCUT2D eigenvalue weighted by Crippen LogP contribution is 2.13. The minimum atomic E-state index is -0.346. The highest BCUT2D eigenvalue weighted by Gasteiger charge is 2.18. The number of hydroxylamine groups is 1. The van der Waals surface area contributed by atoms with Gasteiger partial charge in [-0.1, -0.05) is 42.5 Å². The highest BCUT2D eigenvalue weighted by atomic mass is 16.5. The van der Waals surface area contributed by atoms with Gasteiger partial charge < -0.3 is 9.80 Å². The molecule has 0 bridgehead atoms. The van der Waals surface area contributed by atoms with Crippen molar-refractivity contribution < 1.29 is 14.8 Å². The van der Waals surface area contributed by atoms with E-state index in [1.807, 2.05) is 61.6 Å². The molecule has 0 saturated carbocycles. The number of rotatable bonds is 8. The quantitative estimate of drug-likeness (QED) is 0.514. The van der Waals surface area contributed by atoms with Gasteiger partial charge >= 0.3 is 0 Å². The average Bonchev–Trinajstić information content (AvgIpc) is 2.79. The molecule has 0 spiro atoms. The Hall–Kier alpha value is -2.74. The van der Waals surface area contributed by atoms with Crippen LogP contribution in [0.2, 0.25) is 0 Å². The molecule has 2 amide bonds. The smallest absolute Gasteiger partial charge is 0.253 e. The van der Waals surface area contributed by atoms with Crippen molar-refractivity contribution in [3.8, 4) is 0 Å². The van der Waals surface area contributed by atoms with Gasteiger partial charge in [0.25, 0.3) is 5.91 Å². The number of carbonyl (C=O) groups excluding carboxylic acids is 2. The summed E-state index contributed by atoms with van der Waals surface area (Å²) in [4.78, 5) is 30.2. The van der Waals surface area contributed by atoms with Gasteiger partial charge in [0.1, 0.15) is 0 Å². The molecule has 3 rings (SSSR count). The summed E-state index contributed by atoms with van der Waals surface area (Å²) in [5, 5.41) is 8.57. The van der Waals surface area contributed by atoms with Crippen molar-refractivity contribution in [2.75, 3.05) is 39.8 Å². The van der Waals surface area contributed by atoms with Crippen LogP contribution in [0, 0.1) is 0 Å². The summed E-state index contributed by atoms with van der Waals surface area (Å²) in [6.07, 6.45) is 0.310. The maximum atomic E-state index is 12.7. The van der Waals surface area contributed by atoms with Crippen molar-refractivity contribution >= 4 is 11.8 Å². The molecule has 0 radical (unpaired) electrons. The Morgan fingerprint density at radius 2 is 1.57 bits per heavy atom. The second-order valence-corrected chi connectivity index (χ2v) is 7.75. The Balaban J connectivity index is 1.45. The number of amides is 2. The van der Waals surface area contributed by atoms with E-state index >= 15 is 0 Å². The molecule has 1 fully saturated rings. The third-order valence-corrected chi connectivity index (χ3v) is 5.46. The molecule has 2 aromatic rings. The molecule has 0 aliphatic carbocycles. The van der Waals surface area contributed by atoms with Crippen LogP contribution < -0.4 is 5.48 Å². The van der Waals surface area contributed by atoms with Crippen molar-refractivity contribution in [2.45, 2.75) is 19.5 Å². The molecule has 1 heterocycles. The number of hydrogen-bond acceptors (Lipinski definition) is 5. The van der Waals surface area contributed by atoms with E-state index in [9.17, 15) is 9.59 Å². The van der Waals surface area contributed by atoms with Gasteiger partial charge in [-0.15, -0.1) is 0 Å². The van der Waals surface area contributed by atoms with Crippen molar-refractivity contribution in [2.24, 2.45) is 0 Å². The lowest BCUT2D eigenvalue weighted by Crippen LogP contribution is -2.46. The zero-order valence-electron chi connectivity index (χ0n) is 17.5.